The molecule has 2 rings (SSSR count). The Kier molecular flexibility index (Phi) is 2.26. The van der Waals surface area contributed by atoms with Crippen molar-refractivity contribution in [2.75, 3.05) is 5.32 Å². The summed E-state index contributed by atoms with van der Waals surface area (Å²) in [7, 11) is 1.80. The second-order valence-corrected chi connectivity index (χ2v) is 4.26. The summed E-state index contributed by atoms with van der Waals surface area (Å²) < 4.78 is 1.65. The molecule has 3 N–H and O–H groups in total. The topological polar surface area (TPSA) is 72.9 Å². The number of nitrogens with two attached hydrogens (primary N) is 1. The standard InChI is InChI=1S/C10H16N4O/c1-7-6-8(14(2)13-7)12-9(15)10(11)4-3-5-10/h6H,3-5,11H2,1-2H3,(H,12,15). The van der Waals surface area contributed by atoms with Crippen LogP contribution in [0.3, 0.4) is 0 Å². The number of aryl methyl sites for hydroxylation is 2. The molecule has 82 valence electrons. The summed E-state index contributed by atoms with van der Waals surface area (Å²) >= 11 is 0. The first-order valence-corrected chi connectivity index (χ1v) is 5.12. The van der Waals surface area contributed by atoms with Crippen LogP contribution in [0.25, 0.3) is 0 Å². The van der Waals surface area contributed by atoms with E-state index in [1.165, 1.54) is 0 Å². The minimum Gasteiger partial charge on any atom is -0.317 e. The highest BCUT2D eigenvalue weighted by atomic mass is 16.2. The van der Waals surface area contributed by atoms with Gasteiger partial charge in [0.15, 0.2) is 0 Å². The van der Waals surface area contributed by atoms with Gasteiger partial charge in [0.2, 0.25) is 5.91 Å². The van der Waals surface area contributed by atoms with Crippen LogP contribution in [0.2, 0.25) is 0 Å². The molecule has 5 nitrogen and oxygen atoms in total. The van der Waals surface area contributed by atoms with Crippen molar-refractivity contribution in [2.45, 2.75) is 31.7 Å². The van der Waals surface area contributed by atoms with Crippen molar-refractivity contribution in [1.29, 1.82) is 0 Å². The van der Waals surface area contributed by atoms with Crippen LogP contribution in [0, 0.1) is 6.92 Å². The van der Waals surface area contributed by atoms with E-state index in [1.54, 1.807) is 11.7 Å². The molecule has 0 atom stereocenters. The van der Waals surface area contributed by atoms with Crippen LogP contribution in [-0.4, -0.2) is 21.2 Å². The van der Waals surface area contributed by atoms with Crippen LogP contribution in [0.15, 0.2) is 6.07 Å². The summed E-state index contributed by atoms with van der Waals surface area (Å²) in [6.07, 6.45) is 2.58. The van der Waals surface area contributed by atoms with Gasteiger partial charge < -0.3 is 11.1 Å². The van der Waals surface area contributed by atoms with Gasteiger partial charge in [0, 0.05) is 13.1 Å². The summed E-state index contributed by atoms with van der Waals surface area (Å²) in [5, 5.41) is 6.96. The fraction of sp³-hybridized carbons (Fsp3) is 0.600. The number of hydrogen-bond donors (Lipinski definition) is 2. The zero-order valence-electron chi connectivity index (χ0n) is 9.08. The minimum absolute atomic E-state index is 0.100. The Bertz CT molecular complexity index is 392. The van der Waals surface area contributed by atoms with Crippen molar-refractivity contribution in [2.24, 2.45) is 12.8 Å². The van der Waals surface area contributed by atoms with Gasteiger partial charge in [-0.25, -0.2) is 0 Å². The lowest BCUT2D eigenvalue weighted by atomic mass is 9.77. The summed E-state index contributed by atoms with van der Waals surface area (Å²) in [5.74, 6) is 0.603. The SMILES string of the molecule is Cc1cc(NC(=O)C2(N)CCC2)n(C)n1. The van der Waals surface area contributed by atoms with Crippen molar-refractivity contribution in [3.05, 3.63) is 11.8 Å². The Labute approximate surface area is 88.6 Å². The number of rotatable bonds is 2. The summed E-state index contributed by atoms with van der Waals surface area (Å²) in [6, 6.07) is 1.83. The molecule has 15 heavy (non-hydrogen) atoms. The van der Waals surface area contributed by atoms with Crippen LogP contribution >= 0.6 is 0 Å². The molecule has 1 aromatic rings. The largest absolute Gasteiger partial charge is 0.317 e. The predicted octanol–water partition coefficient (Wildman–Crippen LogP) is 0.548. The molecule has 0 aromatic carbocycles. The molecule has 1 heterocycles. The van der Waals surface area contributed by atoms with E-state index < -0.39 is 5.54 Å². The number of aromatic nitrogens is 2. The van der Waals surface area contributed by atoms with E-state index in [0.717, 1.165) is 25.0 Å². The number of amides is 1. The van der Waals surface area contributed by atoms with Crippen molar-refractivity contribution in [3.8, 4) is 0 Å². The first-order valence-electron chi connectivity index (χ1n) is 5.12. The van der Waals surface area contributed by atoms with Crippen molar-refractivity contribution in [1.82, 2.24) is 9.78 Å². The first kappa shape index (κ1) is 10.2. The van der Waals surface area contributed by atoms with E-state index in [1.807, 2.05) is 13.0 Å². The smallest absolute Gasteiger partial charge is 0.245 e. The van der Waals surface area contributed by atoms with Gasteiger partial charge in [0.1, 0.15) is 5.82 Å². The second-order valence-electron chi connectivity index (χ2n) is 4.26. The third kappa shape index (κ3) is 1.74. The molecular formula is C10H16N4O. The Morgan fingerprint density at radius 1 is 1.67 bits per heavy atom. The zero-order valence-corrected chi connectivity index (χ0v) is 9.08. The van der Waals surface area contributed by atoms with Crippen molar-refractivity contribution < 1.29 is 4.79 Å². The lowest BCUT2D eigenvalue weighted by Gasteiger charge is -2.36. The number of carbonyl (C=O) groups excluding carboxylic acids is 1. The molecule has 1 saturated carbocycles. The summed E-state index contributed by atoms with van der Waals surface area (Å²) in [4.78, 5) is 11.8. The molecule has 1 aliphatic rings. The summed E-state index contributed by atoms with van der Waals surface area (Å²) in [6.45, 7) is 1.89. The molecule has 1 aliphatic carbocycles. The monoisotopic (exact) mass is 208 g/mol. The highest BCUT2D eigenvalue weighted by Crippen LogP contribution is 2.30. The van der Waals surface area contributed by atoms with Crippen LogP contribution in [0.1, 0.15) is 25.0 Å². The Morgan fingerprint density at radius 2 is 2.33 bits per heavy atom. The maximum absolute atomic E-state index is 11.8. The lowest BCUT2D eigenvalue weighted by molar-refractivity contribution is -0.123. The molecule has 1 amide bonds. The average Bonchev–Trinajstić information content (AvgIpc) is 2.41. The highest BCUT2D eigenvalue weighted by molar-refractivity contribution is 5.98. The van der Waals surface area contributed by atoms with Gasteiger partial charge in [0.25, 0.3) is 0 Å². The quantitative estimate of drug-likeness (QED) is 0.745. The number of hydrogen-bond acceptors (Lipinski definition) is 3. The van der Waals surface area contributed by atoms with Gasteiger partial charge in [-0.05, 0) is 26.2 Å². The third-order valence-electron chi connectivity index (χ3n) is 2.94. The van der Waals surface area contributed by atoms with Crippen molar-refractivity contribution in [3.63, 3.8) is 0 Å². The Morgan fingerprint density at radius 3 is 2.73 bits per heavy atom. The predicted molar refractivity (Wildman–Crippen MR) is 57.3 cm³/mol. The number of nitrogens with one attached hydrogen (secondary N) is 1. The molecule has 1 fully saturated rings. The highest BCUT2D eigenvalue weighted by Gasteiger charge is 2.40. The number of nitrogens with zero attached hydrogens (tertiary/aromatic N) is 2. The molecule has 0 spiro atoms. The summed E-state index contributed by atoms with van der Waals surface area (Å²) in [5.41, 5.74) is 6.14. The maximum Gasteiger partial charge on any atom is 0.245 e. The fourth-order valence-electron chi connectivity index (χ4n) is 1.75. The first-order chi connectivity index (χ1) is 7.01. The molecule has 0 bridgehead atoms. The van der Waals surface area contributed by atoms with E-state index in [2.05, 4.69) is 10.4 Å². The van der Waals surface area contributed by atoms with Crippen LogP contribution < -0.4 is 11.1 Å². The second kappa shape index (κ2) is 3.34. The lowest BCUT2D eigenvalue weighted by Crippen LogP contribution is -2.56. The van der Waals surface area contributed by atoms with Crippen molar-refractivity contribution >= 4 is 11.7 Å². The molecule has 0 aliphatic heterocycles. The van der Waals surface area contributed by atoms with E-state index in [4.69, 9.17) is 5.73 Å². The Hall–Kier alpha value is -1.36. The fourth-order valence-corrected chi connectivity index (χ4v) is 1.75. The molecule has 0 radical (unpaired) electrons. The van der Waals surface area contributed by atoms with E-state index >= 15 is 0 Å². The molecule has 1 aromatic heterocycles. The van der Waals surface area contributed by atoms with Crippen LogP contribution in [0.4, 0.5) is 5.82 Å². The average molecular weight is 208 g/mol. The van der Waals surface area contributed by atoms with Gasteiger partial charge in [-0.1, -0.05) is 0 Å². The van der Waals surface area contributed by atoms with Crippen LogP contribution in [0.5, 0.6) is 0 Å². The van der Waals surface area contributed by atoms with E-state index in [9.17, 15) is 4.79 Å². The maximum atomic E-state index is 11.8. The molecule has 5 heteroatoms. The molecule has 0 saturated heterocycles. The minimum atomic E-state index is -0.655. The van der Waals surface area contributed by atoms with Crippen LogP contribution in [-0.2, 0) is 11.8 Å². The molecular weight excluding hydrogens is 192 g/mol. The third-order valence-corrected chi connectivity index (χ3v) is 2.94. The van der Waals surface area contributed by atoms with Gasteiger partial charge in [0.05, 0.1) is 11.2 Å². The molecule has 0 unspecified atom stereocenters. The van der Waals surface area contributed by atoms with E-state index in [0.29, 0.717) is 5.82 Å². The van der Waals surface area contributed by atoms with Gasteiger partial charge in [-0.15, -0.1) is 0 Å². The van der Waals surface area contributed by atoms with Gasteiger partial charge >= 0.3 is 0 Å². The number of carbonyl (C=O) groups is 1. The van der Waals surface area contributed by atoms with Gasteiger partial charge in [-0.3, -0.25) is 9.48 Å². The zero-order chi connectivity index (χ0) is 11.1. The van der Waals surface area contributed by atoms with Gasteiger partial charge in [-0.2, -0.15) is 5.10 Å². The normalized spacial score (nSPS) is 18.3. The Balaban J connectivity index is 2.09. The number of anilines is 1. The van der Waals surface area contributed by atoms with E-state index in [-0.39, 0.29) is 5.91 Å².